The van der Waals surface area contributed by atoms with Crippen LogP contribution in [0.1, 0.15) is 11.3 Å². The van der Waals surface area contributed by atoms with Crippen LogP contribution in [0.3, 0.4) is 0 Å². The van der Waals surface area contributed by atoms with Crippen LogP contribution in [0.25, 0.3) is 0 Å². The first-order valence-electron chi connectivity index (χ1n) is 7.81. The van der Waals surface area contributed by atoms with E-state index in [1.807, 2.05) is 37.2 Å². The Morgan fingerprint density at radius 3 is 2.88 bits per heavy atom. The SMILES string of the molecule is C=C(N=Cc1[nH]c(=O)n(Cc2ccccc2Cl)c1N)NCCN(C)C. The number of hydrogen-bond acceptors (Lipinski definition) is 5. The van der Waals surface area contributed by atoms with Crippen LogP contribution in [-0.2, 0) is 6.54 Å². The van der Waals surface area contributed by atoms with Gasteiger partial charge in [-0.2, -0.15) is 0 Å². The molecule has 0 saturated carbocycles. The van der Waals surface area contributed by atoms with Gasteiger partial charge < -0.3 is 20.9 Å². The van der Waals surface area contributed by atoms with E-state index in [9.17, 15) is 4.79 Å². The van der Waals surface area contributed by atoms with Gasteiger partial charge in [-0.15, -0.1) is 0 Å². The monoisotopic (exact) mass is 362 g/mol. The zero-order valence-electron chi connectivity index (χ0n) is 14.4. The Labute approximate surface area is 151 Å². The second-order valence-corrected chi connectivity index (χ2v) is 6.25. The number of halogens is 1. The minimum atomic E-state index is -0.315. The number of nitrogens with two attached hydrogens (primary N) is 1. The molecule has 0 fully saturated rings. The van der Waals surface area contributed by atoms with Gasteiger partial charge >= 0.3 is 5.69 Å². The smallest absolute Gasteiger partial charge is 0.327 e. The van der Waals surface area contributed by atoms with Crippen molar-refractivity contribution >= 4 is 23.6 Å². The Kier molecular flexibility index (Phi) is 6.44. The van der Waals surface area contributed by atoms with Gasteiger partial charge in [-0.1, -0.05) is 36.4 Å². The topological polar surface area (TPSA) is 91.4 Å². The van der Waals surface area contributed by atoms with E-state index in [0.29, 0.717) is 22.4 Å². The van der Waals surface area contributed by atoms with E-state index in [0.717, 1.165) is 18.7 Å². The Morgan fingerprint density at radius 1 is 1.48 bits per heavy atom. The molecule has 0 amide bonds. The van der Waals surface area contributed by atoms with Gasteiger partial charge in [0.1, 0.15) is 17.3 Å². The van der Waals surface area contributed by atoms with E-state index in [1.165, 1.54) is 10.8 Å². The van der Waals surface area contributed by atoms with Gasteiger partial charge in [0, 0.05) is 18.1 Å². The molecule has 0 unspecified atom stereocenters. The average Bonchev–Trinajstić information content (AvgIpc) is 2.82. The molecule has 0 bridgehead atoms. The zero-order valence-corrected chi connectivity index (χ0v) is 15.2. The molecule has 0 radical (unpaired) electrons. The summed E-state index contributed by atoms with van der Waals surface area (Å²) in [5.74, 6) is 0.802. The Balaban J connectivity index is 2.09. The predicted molar refractivity (Wildman–Crippen MR) is 103 cm³/mol. The van der Waals surface area contributed by atoms with Crippen LogP contribution in [0.5, 0.6) is 0 Å². The summed E-state index contributed by atoms with van der Waals surface area (Å²) in [4.78, 5) is 21.1. The lowest BCUT2D eigenvalue weighted by Crippen LogP contribution is -2.25. The fraction of sp³-hybridized carbons (Fsp3) is 0.294. The van der Waals surface area contributed by atoms with E-state index in [1.54, 1.807) is 6.07 Å². The van der Waals surface area contributed by atoms with Crippen molar-refractivity contribution in [2.45, 2.75) is 6.54 Å². The minimum Gasteiger partial charge on any atom is -0.383 e. The van der Waals surface area contributed by atoms with Gasteiger partial charge in [-0.25, -0.2) is 9.79 Å². The van der Waals surface area contributed by atoms with Crippen LogP contribution in [0.2, 0.25) is 5.02 Å². The maximum atomic E-state index is 12.1. The molecule has 25 heavy (non-hydrogen) atoms. The molecule has 0 aliphatic carbocycles. The molecular weight excluding hydrogens is 340 g/mol. The van der Waals surface area contributed by atoms with Crippen LogP contribution >= 0.6 is 11.6 Å². The number of H-pyrrole nitrogens is 1. The molecule has 0 aliphatic rings. The van der Waals surface area contributed by atoms with Gasteiger partial charge in [0.15, 0.2) is 0 Å². The molecular formula is C17H23ClN6O. The molecule has 0 spiro atoms. The number of anilines is 1. The number of rotatable bonds is 8. The second-order valence-electron chi connectivity index (χ2n) is 5.84. The first kappa shape index (κ1) is 18.8. The molecule has 0 saturated heterocycles. The van der Waals surface area contributed by atoms with Gasteiger partial charge in [0.2, 0.25) is 0 Å². The molecule has 1 heterocycles. The third-order valence-electron chi connectivity index (χ3n) is 3.58. The molecule has 4 N–H and O–H groups in total. The number of imidazole rings is 1. The first-order chi connectivity index (χ1) is 11.9. The van der Waals surface area contributed by atoms with E-state index < -0.39 is 0 Å². The third kappa shape index (κ3) is 5.23. The van der Waals surface area contributed by atoms with Crippen LogP contribution < -0.4 is 16.7 Å². The lowest BCUT2D eigenvalue weighted by Gasteiger charge is -2.10. The molecule has 0 aliphatic heterocycles. The normalized spacial score (nSPS) is 11.4. The van der Waals surface area contributed by atoms with Crippen molar-refractivity contribution in [2.24, 2.45) is 4.99 Å². The maximum Gasteiger partial charge on any atom is 0.327 e. The van der Waals surface area contributed by atoms with Crippen molar-refractivity contribution in [3.8, 4) is 0 Å². The molecule has 2 rings (SSSR count). The molecule has 7 nitrogen and oxygen atoms in total. The highest BCUT2D eigenvalue weighted by Crippen LogP contribution is 2.17. The Hall–Kier alpha value is -2.51. The van der Waals surface area contributed by atoms with Crippen LogP contribution in [0.4, 0.5) is 5.82 Å². The first-order valence-corrected chi connectivity index (χ1v) is 8.19. The van der Waals surface area contributed by atoms with Gasteiger partial charge in [-0.3, -0.25) is 4.57 Å². The second kappa shape index (κ2) is 8.55. The highest BCUT2D eigenvalue weighted by molar-refractivity contribution is 6.31. The van der Waals surface area contributed by atoms with Crippen LogP contribution in [0, 0.1) is 0 Å². The molecule has 134 valence electrons. The molecule has 1 aromatic heterocycles. The van der Waals surface area contributed by atoms with Gasteiger partial charge in [-0.05, 0) is 25.7 Å². The lowest BCUT2D eigenvalue weighted by molar-refractivity contribution is 0.408. The summed E-state index contributed by atoms with van der Waals surface area (Å²) < 4.78 is 1.42. The summed E-state index contributed by atoms with van der Waals surface area (Å²) in [6.07, 6.45) is 1.49. The number of likely N-dealkylation sites (N-methyl/N-ethyl adjacent to an activating group) is 1. The molecule has 0 atom stereocenters. The number of nitrogens with zero attached hydrogens (tertiary/aromatic N) is 3. The number of hydrogen-bond donors (Lipinski definition) is 3. The van der Waals surface area contributed by atoms with Crippen molar-refractivity contribution in [3.05, 3.63) is 63.4 Å². The maximum absolute atomic E-state index is 12.1. The fourth-order valence-corrected chi connectivity index (χ4v) is 2.36. The van der Waals surface area contributed by atoms with Crippen LogP contribution in [-0.4, -0.2) is 47.9 Å². The highest BCUT2D eigenvalue weighted by atomic mass is 35.5. The van der Waals surface area contributed by atoms with Crippen LogP contribution in [0.15, 0.2) is 46.5 Å². The van der Waals surface area contributed by atoms with Gasteiger partial charge in [0.05, 0.1) is 12.8 Å². The standard InChI is InChI=1S/C17H23ClN6O/c1-12(20-8-9-23(2)3)21-10-15-16(19)24(17(25)22-15)11-13-6-4-5-7-14(13)18/h4-7,10,20H,1,8-9,11,19H2,2-3H3,(H,22,25). The van der Waals surface area contributed by atoms with Crippen molar-refractivity contribution in [3.63, 3.8) is 0 Å². The minimum absolute atomic E-state index is 0.288. The zero-order chi connectivity index (χ0) is 18.4. The Bertz CT molecular complexity index is 821. The number of benzene rings is 1. The largest absolute Gasteiger partial charge is 0.383 e. The fourth-order valence-electron chi connectivity index (χ4n) is 2.17. The summed E-state index contributed by atoms with van der Waals surface area (Å²) in [7, 11) is 3.97. The summed E-state index contributed by atoms with van der Waals surface area (Å²) in [5, 5.41) is 3.67. The number of aromatic amines is 1. The molecule has 1 aromatic carbocycles. The number of nitrogens with one attached hydrogen (secondary N) is 2. The van der Waals surface area contributed by atoms with Crippen molar-refractivity contribution in [1.82, 2.24) is 19.8 Å². The van der Waals surface area contributed by atoms with Gasteiger partial charge in [0.25, 0.3) is 0 Å². The quantitative estimate of drug-likeness (QED) is 0.620. The van der Waals surface area contributed by atoms with E-state index in [4.69, 9.17) is 17.3 Å². The summed E-state index contributed by atoms with van der Waals surface area (Å²) >= 11 is 6.14. The van der Waals surface area contributed by atoms with E-state index >= 15 is 0 Å². The number of nitrogen functional groups attached to an aromatic ring is 1. The van der Waals surface area contributed by atoms with Crippen molar-refractivity contribution in [2.75, 3.05) is 32.9 Å². The molecule has 8 heteroatoms. The summed E-state index contributed by atoms with van der Waals surface area (Å²) in [6, 6.07) is 7.32. The lowest BCUT2D eigenvalue weighted by atomic mass is 10.2. The average molecular weight is 363 g/mol. The van der Waals surface area contributed by atoms with Crippen molar-refractivity contribution < 1.29 is 0 Å². The summed E-state index contributed by atoms with van der Waals surface area (Å²) in [5.41, 5.74) is 7.01. The highest BCUT2D eigenvalue weighted by Gasteiger charge is 2.11. The predicted octanol–water partition coefficient (Wildman–Crippen LogP) is 1.50. The third-order valence-corrected chi connectivity index (χ3v) is 3.95. The Morgan fingerprint density at radius 2 is 2.20 bits per heavy atom. The van der Waals surface area contributed by atoms with E-state index in [-0.39, 0.29) is 12.2 Å². The number of aliphatic imine (C=N–C) groups is 1. The molecule has 2 aromatic rings. The number of aromatic nitrogens is 2. The summed E-state index contributed by atoms with van der Waals surface area (Å²) in [6.45, 7) is 5.70. The van der Waals surface area contributed by atoms with E-state index in [2.05, 4.69) is 21.9 Å². The van der Waals surface area contributed by atoms with Crippen molar-refractivity contribution in [1.29, 1.82) is 0 Å².